The Morgan fingerprint density at radius 2 is 2.00 bits per heavy atom. The Morgan fingerprint density at radius 1 is 1.33 bits per heavy atom. The average molecular weight is 299 g/mol. The summed E-state index contributed by atoms with van der Waals surface area (Å²) in [5.74, 6) is 0.165. The van der Waals surface area contributed by atoms with E-state index in [2.05, 4.69) is 24.5 Å². The van der Waals surface area contributed by atoms with Crippen LogP contribution in [-0.2, 0) is 9.59 Å². The van der Waals surface area contributed by atoms with Gasteiger partial charge in [0.2, 0.25) is 11.8 Å². The molecule has 1 aliphatic heterocycles. The summed E-state index contributed by atoms with van der Waals surface area (Å²) < 4.78 is 0. The SMILES string of the molecule is CCC(C)NCC(=O)N1CCC(C(=O)NCCCO)CC1. The van der Waals surface area contributed by atoms with Crippen molar-refractivity contribution >= 4 is 11.8 Å². The van der Waals surface area contributed by atoms with Gasteiger partial charge >= 0.3 is 0 Å². The van der Waals surface area contributed by atoms with Gasteiger partial charge in [-0.1, -0.05) is 6.92 Å². The van der Waals surface area contributed by atoms with Gasteiger partial charge in [0, 0.05) is 38.2 Å². The van der Waals surface area contributed by atoms with Crippen LogP contribution in [0.15, 0.2) is 0 Å². The van der Waals surface area contributed by atoms with Gasteiger partial charge in [0.25, 0.3) is 0 Å². The highest BCUT2D eigenvalue weighted by Gasteiger charge is 2.26. The lowest BCUT2D eigenvalue weighted by molar-refractivity contribution is -0.135. The zero-order chi connectivity index (χ0) is 15.7. The summed E-state index contributed by atoms with van der Waals surface area (Å²) in [7, 11) is 0. The average Bonchev–Trinajstić information content (AvgIpc) is 2.52. The summed E-state index contributed by atoms with van der Waals surface area (Å²) in [5.41, 5.74) is 0. The predicted octanol–water partition coefficient (Wildman–Crippen LogP) is 0.112. The van der Waals surface area contributed by atoms with Crippen LogP contribution < -0.4 is 10.6 Å². The van der Waals surface area contributed by atoms with Gasteiger partial charge in [-0.3, -0.25) is 9.59 Å². The fraction of sp³-hybridized carbons (Fsp3) is 0.867. The van der Waals surface area contributed by atoms with Gasteiger partial charge in [0.1, 0.15) is 0 Å². The molecule has 1 unspecified atom stereocenters. The third-order valence-electron chi connectivity index (χ3n) is 4.07. The van der Waals surface area contributed by atoms with Crippen LogP contribution in [0.2, 0.25) is 0 Å². The number of aliphatic hydroxyl groups is 1. The molecule has 3 N–H and O–H groups in total. The topological polar surface area (TPSA) is 81.7 Å². The maximum Gasteiger partial charge on any atom is 0.236 e. The maximum atomic E-state index is 12.0. The minimum Gasteiger partial charge on any atom is -0.396 e. The molecule has 122 valence electrons. The maximum absolute atomic E-state index is 12.0. The molecular weight excluding hydrogens is 270 g/mol. The molecule has 21 heavy (non-hydrogen) atoms. The largest absolute Gasteiger partial charge is 0.396 e. The molecule has 1 aliphatic rings. The van der Waals surface area contributed by atoms with Gasteiger partial charge in [-0.2, -0.15) is 0 Å². The first-order valence-corrected chi connectivity index (χ1v) is 7.98. The van der Waals surface area contributed by atoms with E-state index in [0.29, 0.717) is 38.6 Å². The molecule has 1 rings (SSSR count). The number of nitrogens with zero attached hydrogens (tertiary/aromatic N) is 1. The van der Waals surface area contributed by atoms with Crippen LogP contribution in [0.4, 0.5) is 0 Å². The van der Waals surface area contributed by atoms with Crippen LogP contribution in [0.5, 0.6) is 0 Å². The molecule has 2 amide bonds. The minimum atomic E-state index is -0.00438. The molecule has 6 heteroatoms. The second kappa shape index (κ2) is 9.73. The molecule has 0 aromatic rings. The van der Waals surface area contributed by atoms with Crippen LogP contribution >= 0.6 is 0 Å². The van der Waals surface area contributed by atoms with Crippen LogP contribution in [-0.4, -0.2) is 60.6 Å². The second-order valence-corrected chi connectivity index (χ2v) is 5.71. The third kappa shape index (κ3) is 6.44. The van der Waals surface area contributed by atoms with E-state index >= 15 is 0 Å². The van der Waals surface area contributed by atoms with Crippen LogP contribution in [0.25, 0.3) is 0 Å². The van der Waals surface area contributed by atoms with Crippen LogP contribution in [0.1, 0.15) is 39.5 Å². The second-order valence-electron chi connectivity index (χ2n) is 5.71. The summed E-state index contributed by atoms with van der Waals surface area (Å²) in [6.45, 7) is 6.45. The Labute approximate surface area is 127 Å². The lowest BCUT2D eigenvalue weighted by Crippen LogP contribution is -2.46. The first-order valence-electron chi connectivity index (χ1n) is 7.98. The van der Waals surface area contributed by atoms with Crippen molar-refractivity contribution < 1.29 is 14.7 Å². The van der Waals surface area contributed by atoms with Gasteiger partial charge in [0.15, 0.2) is 0 Å². The van der Waals surface area contributed by atoms with Gasteiger partial charge in [0.05, 0.1) is 6.54 Å². The molecule has 0 aliphatic carbocycles. The fourth-order valence-corrected chi connectivity index (χ4v) is 2.34. The summed E-state index contributed by atoms with van der Waals surface area (Å²) in [6, 6.07) is 0.351. The van der Waals surface area contributed by atoms with Crippen molar-refractivity contribution in [2.45, 2.75) is 45.6 Å². The highest BCUT2D eigenvalue weighted by Crippen LogP contribution is 2.17. The number of likely N-dealkylation sites (tertiary alicyclic amines) is 1. The first kappa shape index (κ1) is 17.9. The highest BCUT2D eigenvalue weighted by molar-refractivity contribution is 5.80. The Kier molecular flexibility index (Phi) is 8.30. The molecular formula is C15H29N3O3. The quantitative estimate of drug-likeness (QED) is 0.556. The van der Waals surface area contributed by atoms with Gasteiger partial charge < -0.3 is 20.6 Å². The number of hydrogen-bond acceptors (Lipinski definition) is 4. The molecule has 6 nitrogen and oxygen atoms in total. The van der Waals surface area contributed by atoms with Crippen molar-refractivity contribution in [2.24, 2.45) is 5.92 Å². The van der Waals surface area contributed by atoms with E-state index in [-0.39, 0.29) is 24.3 Å². The lowest BCUT2D eigenvalue weighted by atomic mass is 9.96. The van der Waals surface area contributed by atoms with E-state index in [1.165, 1.54) is 0 Å². The zero-order valence-electron chi connectivity index (χ0n) is 13.2. The lowest BCUT2D eigenvalue weighted by Gasteiger charge is -2.31. The van der Waals surface area contributed by atoms with E-state index in [9.17, 15) is 9.59 Å². The van der Waals surface area contributed by atoms with Crippen molar-refractivity contribution in [2.75, 3.05) is 32.8 Å². The van der Waals surface area contributed by atoms with E-state index < -0.39 is 0 Å². The number of amides is 2. The number of hydrogen-bond donors (Lipinski definition) is 3. The smallest absolute Gasteiger partial charge is 0.236 e. The van der Waals surface area contributed by atoms with E-state index in [4.69, 9.17) is 5.11 Å². The standard InChI is InChI=1S/C15H29N3O3/c1-3-12(2)17-11-14(20)18-8-5-13(6-9-18)15(21)16-7-4-10-19/h12-13,17,19H,3-11H2,1-2H3,(H,16,21). The molecule has 0 spiro atoms. The molecule has 1 fully saturated rings. The molecule has 0 aromatic carbocycles. The number of carbonyl (C=O) groups is 2. The molecule has 1 atom stereocenters. The summed E-state index contributed by atoms with van der Waals surface area (Å²) in [4.78, 5) is 25.8. The Bertz CT molecular complexity index is 328. The van der Waals surface area contributed by atoms with Crippen molar-refractivity contribution in [3.63, 3.8) is 0 Å². The summed E-state index contributed by atoms with van der Waals surface area (Å²) in [6.07, 6.45) is 3.04. The molecule has 0 aromatic heterocycles. The van der Waals surface area contributed by atoms with Crippen LogP contribution in [0, 0.1) is 5.92 Å². The normalized spacial score (nSPS) is 17.6. The van der Waals surface area contributed by atoms with E-state index in [1.807, 2.05) is 4.90 Å². The Morgan fingerprint density at radius 3 is 2.57 bits per heavy atom. The van der Waals surface area contributed by atoms with Gasteiger partial charge in [-0.15, -0.1) is 0 Å². The number of rotatable bonds is 8. The predicted molar refractivity (Wildman–Crippen MR) is 81.8 cm³/mol. The number of piperidine rings is 1. The monoisotopic (exact) mass is 299 g/mol. The molecule has 0 radical (unpaired) electrons. The van der Waals surface area contributed by atoms with Gasteiger partial charge in [-0.25, -0.2) is 0 Å². The van der Waals surface area contributed by atoms with E-state index in [0.717, 1.165) is 19.3 Å². The fourth-order valence-electron chi connectivity index (χ4n) is 2.34. The van der Waals surface area contributed by atoms with Crippen molar-refractivity contribution in [1.82, 2.24) is 15.5 Å². The van der Waals surface area contributed by atoms with E-state index in [1.54, 1.807) is 0 Å². The van der Waals surface area contributed by atoms with Crippen molar-refractivity contribution in [3.8, 4) is 0 Å². The van der Waals surface area contributed by atoms with Gasteiger partial charge in [-0.05, 0) is 32.6 Å². The third-order valence-corrected chi connectivity index (χ3v) is 4.07. The number of nitrogens with one attached hydrogen (secondary N) is 2. The van der Waals surface area contributed by atoms with Crippen molar-refractivity contribution in [3.05, 3.63) is 0 Å². The molecule has 0 saturated carbocycles. The highest BCUT2D eigenvalue weighted by atomic mass is 16.3. The number of aliphatic hydroxyl groups excluding tert-OH is 1. The summed E-state index contributed by atoms with van der Waals surface area (Å²) >= 11 is 0. The summed E-state index contributed by atoms with van der Waals surface area (Å²) in [5, 5.41) is 14.7. The molecule has 0 bridgehead atoms. The Hall–Kier alpha value is -1.14. The van der Waals surface area contributed by atoms with Crippen LogP contribution in [0.3, 0.4) is 0 Å². The number of carbonyl (C=O) groups excluding carboxylic acids is 2. The zero-order valence-corrected chi connectivity index (χ0v) is 13.2. The molecule has 1 saturated heterocycles. The minimum absolute atomic E-state index is 0.00438. The first-order chi connectivity index (χ1) is 10.1. The molecule has 1 heterocycles. The Balaban J connectivity index is 2.24. The van der Waals surface area contributed by atoms with Crippen molar-refractivity contribution in [1.29, 1.82) is 0 Å².